The van der Waals surface area contributed by atoms with Gasteiger partial charge in [-0.2, -0.15) is 0 Å². The number of hydrogen-bond donors (Lipinski definition) is 0. The molecule has 6 aromatic carbocycles. The molecule has 4 heteroatoms. The van der Waals surface area contributed by atoms with Crippen molar-refractivity contribution >= 4 is 31.5 Å². The van der Waals surface area contributed by atoms with E-state index in [1.807, 2.05) is 47.7 Å². The summed E-state index contributed by atoms with van der Waals surface area (Å²) in [5, 5.41) is 11.9. The average Bonchev–Trinajstić information content (AvgIpc) is 3.69. The Kier molecular flexibility index (Phi) is 5.98. The lowest BCUT2D eigenvalue weighted by molar-refractivity contribution is 1.07. The van der Waals surface area contributed by atoms with Crippen molar-refractivity contribution in [1.29, 1.82) is 0 Å². The Hall–Kier alpha value is -5.32. The van der Waals surface area contributed by atoms with E-state index in [1.54, 1.807) is 0 Å². The van der Waals surface area contributed by atoms with Crippen molar-refractivity contribution < 1.29 is 0 Å². The van der Waals surface area contributed by atoms with E-state index in [1.165, 1.54) is 42.4 Å². The Balaban J connectivity index is 1.24. The molecule has 8 aromatic rings. The van der Waals surface area contributed by atoms with Gasteiger partial charge in [0.25, 0.3) is 0 Å². The minimum Gasteiger partial charge on any atom is -0.275 e. The summed E-state index contributed by atoms with van der Waals surface area (Å²) in [5.74, 6) is 1.64. The second-order valence-electron chi connectivity index (χ2n) is 10.3. The molecule has 0 aliphatic heterocycles. The van der Waals surface area contributed by atoms with Crippen LogP contribution in [0.15, 0.2) is 152 Å². The fourth-order valence-electron chi connectivity index (χ4n) is 5.76. The number of rotatable bonds is 5. The standard InChI is InChI=1S/C38H25N3S/c1-4-12-26(13-5-1)31-18-10-20-33-34-21-11-19-32(36(34)42-35(31)33)27-22-24-29(25-23-27)38-40-39-37(28-14-6-2-7-15-28)41(38)30-16-8-3-9-17-30/h1-25H. The first-order chi connectivity index (χ1) is 20.8. The summed E-state index contributed by atoms with van der Waals surface area (Å²) in [5.41, 5.74) is 8.04. The molecule has 0 saturated heterocycles. The normalized spacial score (nSPS) is 11.3. The molecule has 42 heavy (non-hydrogen) atoms. The van der Waals surface area contributed by atoms with Gasteiger partial charge < -0.3 is 0 Å². The van der Waals surface area contributed by atoms with Crippen molar-refractivity contribution in [3.8, 4) is 50.7 Å². The maximum atomic E-state index is 4.67. The van der Waals surface area contributed by atoms with Gasteiger partial charge >= 0.3 is 0 Å². The Morgan fingerprint density at radius 2 is 0.810 bits per heavy atom. The number of hydrogen-bond acceptors (Lipinski definition) is 3. The zero-order chi connectivity index (χ0) is 27.9. The van der Waals surface area contributed by atoms with Gasteiger partial charge in [-0.1, -0.05) is 140 Å². The van der Waals surface area contributed by atoms with Crippen LogP contribution in [-0.4, -0.2) is 14.8 Å². The van der Waals surface area contributed by atoms with E-state index < -0.39 is 0 Å². The van der Waals surface area contributed by atoms with Crippen LogP contribution >= 0.6 is 11.3 Å². The molecular formula is C38H25N3S. The highest BCUT2D eigenvalue weighted by Crippen LogP contribution is 2.44. The summed E-state index contributed by atoms with van der Waals surface area (Å²) in [6, 6.07) is 53.3. The molecular weight excluding hydrogens is 531 g/mol. The molecule has 0 unspecified atom stereocenters. The Labute approximate surface area is 248 Å². The predicted molar refractivity (Wildman–Crippen MR) is 176 cm³/mol. The van der Waals surface area contributed by atoms with Gasteiger partial charge in [-0.3, -0.25) is 4.57 Å². The van der Waals surface area contributed by atoms with Crippen LogP contribution in [0.4, 0.5) is 0 Å². The van der Waals surface area contributed by atoms with Crippen LogP contribution in [-0.2, 0) is 0 Å². The van der Waals surface area contributed by atoms with Crippen LogP contribution in [0.2, 0.25) is 0 Å². The monoisotopic (exact) mass is 555 g/mol. The maximum absolute atomic E-state index is 4.67. The predicted octanol–water partition coefficient (Wildman–Crippen LogP) is 10.3. The third-order valence-corrected chi connectivity index (χ3v) is 9.06. The number of para-hydroxylation sites is 1. The Morgan fingerprint density at radius 3 is 1.36 bits per heavy atom. The van der Waals surface area contributed by atoms with Crippen LogP contribution in [0.25, 0.3) is 70.9 Å². The van der Waals surface area contributed by atoms with Gasteiger partial charge in [0.2, 0.25) is 0 Å². The summed E-state index contributed by atoms with van der Waals surface area (Å²) in [4.78, 5) is 0. The number of thiophene rings is 1. The summed E-state index contributed by atoms with van der Waals surface area (Å²) in [7, 11) is 0. The van der Waals surface area contributed by atoms with E-state index in [-0.39, 0.29) is 0 Å². The highest BCUT2D eigenvalue weighted by Gasteiger charge is 2.18. The van der Waals surface area contributed by atoms with E-state index in [0.717, 1.165) is 28.5 Å². The molecule has 198 valence electrons. The molecule has 0 spiro atoms. The first kappa shape index (κ1) is 24.5. The second kappa shape index (κ2) is 10.3. The second-order valence-corrected chi connectivity index (χ2v) is 11.3. The maximum Gasteiger partial charge on any atom is 0.168 e. The van der Waals surface area contributed by atoms with Gasteiger partial charge in [-0.25, -0.2) is 0 Å². The molecule has 3 nitrogen and oxygen atoms in total. The van der Waals surface area contributed by atoms with E-state index in [9.17, 15) is 0 Å². The molecule has 2 aromatic heterocycles. The van der Waals surface area contributed by atoms with Crippen molar-refractivity contribution in [3.63, 3.8) is 0 Å². The van der Waals surface area contributed by atoms with Crippen LogP contribution in [0.5, 0.6) is 0 Å². The fourth-order valence-corrected chi connectivity index (χ4v) is 7.13. The lowest BCUT2D eigenvalue weighted by Crippen LogP contribution is -2.00. The van der Waals surface area contributed by atoms with Crippen molar-refractivity contribution in [2.75, 3.05) is 0 Å². The number of fused-ring (bicyclic) bond motifs is 3. The molecule has 0 aliphatic rings. The first-order valence-corrected chi connectivity index (χ1v) is 14.8. The highest BCUT2D eigenvalue weighted by atomic mass is 32.1. The van der Waals surface area contributed by atoms with Crippen molar-refractivity contribution in [1.82, 2.24) is 14.8 Å². The molecule has 0 atom stereocenters. The third-order valence-electron chi connectivity index (χ3n) is 7.77. The largest absolute Gasteiger partial charge is 0.275 e. The summed E-state index contributed by atoms with van der Waals surface area (Å²) in [6.45, 7) is 0. The topological polar surface area (TPSA) is 30.7 Å². The fraction of sp³-hybridized carbons (Fsp3) is 0. The minimum absolute atomic E-state index is 0.819. The quantitative estimate of drug-likeness (QED) is 0.211. The molecule has 0 fully saturated rings. The van der Waals surface area contributed by atoms with Crippen LogP contribution in [0.1, 0.15) is 0 Å². The zero-order valence-corrected chi connectivity index (χ0v) is 23.5. The van der Waals surface area contributed by atoms with Gasteiger partial charge in [0, 0.05) is 37.0 Å². The SMILES string of the molecule is c1ccc(-c2cccc3c2sc2c(-c4ccc(-c5nnc(-c6ccccc6)n5-c5ccccc5)cc4)cccc23)cc1. The number of benzene rings is 6. The van der Waals surface area contributed by atoms with Crippen LogP contribution in [0, 0.1) is 0 Å². The molecule has 0 N–H and O–H groups in total. The lowest BCUT2D eigenvalue weighted by Gasteiger charge is -2.11. The number of aromatic nitrogens is 3. The highest BCUT2D eigenvalue weighted by molar-refractivity contribution is 7.26. The lowest BCUT2D eigenvalue weighted by atomic mass is 9.99. The molecule has 0 radical (unpaired) electrons. The molecule has 0 aliphatic carbocycles. The van der Waals surface area contributed by atoms with Crippen LogP contribution in [0.3, 0.4) is 0 Å². The van der Waals surface area contributed by atoms with Gasteiger partial charge in [-0.15, -0.1) is 21.5 Å². The van der Waals surface area contributed by atoms with Crippen molar-refractivity contribution in [2.45, 2.75) is 0 Å². The number of nitrogens with zero attached hydrogens (tertiary/aromatic N) is 3. The summed E-state index contributed by atoms with van der Waals surface area (Å²) in [6.07, 6.45) is 0. The zero-order valence-electron chi connectivity index (χ0n) is 22.7. The average molecular weight is 556 g/mol. The summed E-state index contributed by atoms with van der Waals surface area (Å²) < 4.78 is 4.77. The molecule has 0 amide bonds. The molecule has 0 bridgehead atoms. The van der Waals surface area contributed by atoms with Gasteiger partial charge in [0.15, 0.2) is 11.6 Å². The smallest absolute Gasteiger partial charge is 0.168 e. The molecule has 8 rings (SSSR count). The van der Waals surface area contributed by atoms with Gasteiger partial charge in [0.1, 0.15) is 0 Å². The molecule has 2 heterocycles. The van der Waals surface area contributed by atoms with E-state index in [4.69, 9.17) is 0 Å². The van der Waals surface area contributed by atoms with Gasteiger partial charge in [-0.05, 0) is 34.4 Å². The van der Waals surface area contributed by atoms with Crippen molar-refractivity contribution in [2.24, 2.45) is 0 Å². The van der Waals surface area contributed by atoms with Gasteiger partial charge in [0.05, 0.1) is 0 Å². The Morgan fingerprint density at radius 1 is 0.381 bits per heavy atom. The summed E-state index contributed by atoms with van der Waals surface area (Å²) >= 11 is 1.88. The van der Waals surface area contributed by atoms with E-state index >= 15 is 0 Å². The van der Waals surface area contributed by atoms with Crippen molar-refractivity contribution in [3.05, 3.63) is 152 Å². The Bertz CT molecular complexity index is 2160. The first-order valence-electron chi connectivity index (χ1n) is 14.0. The van der Waals surface area contributed by atoms with Crippen LogP contribution < -0.4 is 0 Å². The minimum atomic E-state index is 0.819. The van der Waals surface area contributed by atoms with E-state index in [2.05, 4.69) is 130 Å². The molecule has 0 saturated carbocycles. The third kappa shape index (κ3) is 4.12. The van der Waals surface area contributed by atoms with E-state index in [0.29, 0.717) is 0 Å².